The Balaban J connectivity index is 2.24. The fourth-order valence-electron chi connectivity index (χ4n) is 1.49. The quantitative estimate of drug-likeness (QED) is 0.555. The summed E-state index contributed by atoms with van der Waals surface area (Å²) >= 11 is 0. The third kappa shape index (κ3) is 2.39. The summed E-state index contributed by atoms with van der Waals surface area (Å²) in [6, 6.07) is 3.19. The van der Waals surface area contributed by atoms with Gasteiger partial charge in [-0.3, -0.25) is 9.78 Å². The van der Waals surface area contributed by atoms with Gasteiger partial charge in [0.2, 0.25) is 5.91 Å². The van der Waals surface area contributed by atoms with Crippen LogP contribution < -0.4 is 22.5 Å². The van der Waals surface area contributed by atoms with Crippen molar-refractivity contribution in [1.29, 1.82) is 0 Å². The number of aromatic amines is 1. The Morgan fingerprint density at radius 3 is 2.94 bits per heavy atom. The minimum atomic E-state index is -0.534. The minimum absolute atomic E-state index is 0.208. The fraction of sp³-hybridized carbons (Fsp3) is 0.200. The highest BCUT2D eigenvalue weighted by molar-refractivity contribution is 5.85. The lowest BCUT2D eigenvalue weighted by molar-refractivity contribution is -0.117. The maximum atomic E-state index is 11.0. The van der Waals surface area contributed by atoms with E-state index in [-0.39, 0.29) is 6.42 Å². The zero-order valence-electron chi connectivity index (χ0n) is 8.95. The van der Waals surface area contributed by atoms with E-state index in [0.29, 0.717) is 29.0 Å². The number of carbonyl (C=O) groups excluding carboxylic acids is 1. The molecule has 90 valence electrons. The van der Waals surface area contributed by atoms with E-state index in [2.05, 4.69) is 10.3 Å². The smallest absolute Gasteiger partial charge is 0.408 e. The summed E-state index contributed by atoms with van der Waals surface area (Å²) in [5.74, 6) is -0.928. The molecule has 0 saturated carbocycles. The number of nitrogens with two attached hydrogens (primary N) is 2. The van der Waals surface area contributed by atoms with Crippen molar-refractivity contribution in [2.24, 2.45) is 5.73 Å². The van der Waals surface area contributed by atoms with Crippen LogP contribution in [0.5, 0.6) is 0 Å². The molecule has 0 saturated heterocycles. The van der Waals surface area contributed by atoms with Crippen LogP contribution in [-0.4, -0.2) is 17.4 Å². The number of primary amides is 1. The van der Waals surface area contributed by atoms with Gasteiger partial charge < -0.3 is 21.2 Å². The predicted molar refractivity (Wildman–Crippen MR) is 63.5 cm³/mol. The highest BCUT2D eigenvalue weighted by atomic mass is 16.4. The van der Waals surface area contributed by atoms with E-state index in [1.165, 1.54) is 0 Å². The number of nitrogen functional groups attached to an aromatic ring is 1. The molecular weight excluding hydrogens is 224 g/mol. The van der Waals surface area contributed by atoms with Crippen LogP contribution >= 0.6 is 0 Å². The summed E-state index contributed by atoms with van der Waals surface area (Å²) in [6.45, 7) is 0.382. The molecule has 0 bridgehead atoms. The molecule has 1 heterocycles. The molecule has 2 aromatic rings. The van der Waals surface area contributed by atoms with Crippen molar-refractivity contribution in [3.8, 4) is 0 Å². The van der Waals surface area contributed by atoms with Gasteiger partial charge in [0.15, 0.2) is 5.58 Å². The number of rotatable bonds is 4. The van der Waals surface area contributed by atoms with E-state index in [1.807, 2.05) is 0 Å². The van der Waals surface area contributed by atoms with Crippen LogP contribution in [0.4, 0.5) is 11.4 Å². The molecule has 1 aromatic carbocycles. The summed E-state index contributed by atoms with van der Waals surface area (Å²) in [5, 5.41) is 2.96. The van der Waals surface area contributed by atoms with Crippen LogP contribution in [0.1, 0.15) is 6.42 Å². The third-order valence-corrected chi connectivity index (χ3v) is 2.28. The molecule has 1 amide bonds. The molecule has 7 nitrogen and oxygen atoms in total. The summed E-state index contributed by atoms with van der Waals surface area (Å²) in [7, 11) is 0. The van der Waals surface area contributed by atoms with E-state index >= 15 is 0 Å². The molecule has 0 fully saturated rings. The maximum absolute atomic E-state index is 11.0. The average Bonchev–Trinajstić information content (AvgIpc) is 2.57. The van der Waals surface area contributed by atoms with Gasteiger partial charge in [0.25, 0.3) is 0 Å². The number of anilines is 2. The van der Waals surface area contributed by atoms with Crippen LogP contribution in [-0.2, 0) is 4.79 Å². The summed E-state index contributed by atoms with van der Waals surface area (Å²) in [6.07, 6.45) is 0.208. The molecule has 0 unspecified atom stereocenters. The number of carbonyl (C=O) groups is 1. The standard InChI is InChI=1S/C10H12N4O3/c11-5-3-8-7(14-10(16)17-8)4-6(5)13-2-1-9(12)15/h3-4,13H,1-2,11H2,(H2,12,15)(H,14,16). The second kappa shape index (κ2) is 4.20. The summed E-state index contributed by atoms with van der Waals surface area (Å²) < 4.78 is 4.85. The minimum Gasteiger partial charge on any atom is -0.408 e. The summed E-state index contributed by atoms with van der Waals surface area (Å²) in [5.41, 5.74) is 12.8. The number of oxazole rings is 1. The fourth-order valence-corrected chi connectivity index (χ4v) is 1.49. The SMILES string of the molecule is NC(=O)CCNc1cc2[nH]c(=O)oc2cc1N. The first kappa shape index (κ1) is 11.1. The molecular formula is C10H12N4O3. The largest absolute Gasteiger partial charge is 0.417 e. The van der Waals surface area contributed by atoms with E-state index in [4.69, 9.17) is 15.9 Å². The first-order valence-corrected chi connectivity index (χ1v) is 5.01. The monoisotopic (exact) mass is 236 g/mol. The first-order chi connectivity index (χ1) is 8.06. The number of aromatic nitrogens is 1. The lowest BCUT2D eigenvalue weighted by Crippen LogP contribution is -2.16. The van der Waals surface area contributed by atoms with Gasteiger partial charge in [-0.05, 0) is 6.07 Å². The molecule has 17 heavy (non-hydrogen) atoms. The Bertz CT molecular complexity index is 614. The Labute approximate surface area is 95.8 Å². The molecule has 0 radical (unpaired) electrons. The van der Waals surface area contributed by atoms with Crippen molar-refractivity contribution in [2.75, 3.05) is 17.6 Å². The maximum Gasteiger partial charge on any atom is 0.417 e. The molecule has 0 atom stereocenters. The molecule has 1 aromatic heterocycles. The lowest BCUT2D eigenvalue weighted by Gasteiger charge is -2.07. The van der Waals surface area contributed by atoms with Gasteiger partial charge in [-0.15, -0.1) is 0 Å². The molecule has 0 spiro atoms. The molecule has 0 aliphatic heterocycles. The molecule has 0 aliphatic carbocycles. The van der Waals surface area contributed by atoms with E-state index in [1.54, 1.807) is 12.1 Å². The van der Waals surface area contributed by atoms with Gasteiger partial charge >= 0.3 is 5.76 Å². The zero-order chi connectivity index (χ0) is 12.4. The highest BCUT2D eigenvalue weighted by Crippen LogP contribution is 2.24. The third-order valence-electron chi connectivity index (χ3n) is 2.28. The van der Waals surface area contributed by atoms with Crippen molar-refractivity contribution in [3.63, 3.8) is 0 Å². The van der Waals surface area contributed by atoms with Crippen molar-refractivity contribution in [2.45, 2.75) is 6.42 Å². The Morgan fingerprint density at radius 2 is 2.24 bits per heavy atom. The summed E-state index contributed by atoms with van der Waals surface area (Å²) in [4.78, 5) is 24.1. The van der Waals surface area contributed by atoms with E-state index in [9.17, 15) is 9.59 Å². The lowest BCUT2D eigenvalue weighted by atomic mass is 10.2. The van der Waals surface area contributed by atoms with Crippen molar-refractivity contribution in [1.82, 2.24) is 4.98 Å². The normalized spacial score (nSPS) is 10.6. The molecule has 7 heteroatoms. The van der Waals surface area contributed by atoms with Crippen LogP contribution in [0.2, 0.25) is 0 Å². The molecule has 6 N–H and O–H groups in total. The molecule has 2 rings (SSSR count). The number of nitrogens with one attached hydrogen (secondary N) is 2. The van der Waals surface area contributed by atoms with Gasteiger partial charge in [-0.1, -0.05) is 0 Å². The second-order valence-corrected chi connectivity index (χ2v) is 3.59. The van der Waals surface area contributed by atoms with Crippen molar-refractivity contribution >= 4 is 28.4 Å². The van der Waals surface area contributed by atoms with Gasteiger partial charge in [-0.25, -0.2) is 4.79 Å². The van der Waals surface area contributed by atoms with Gasteiger partial charge in [0, 0.05) is 19.0 Å². The molecule has 0 aliphatic rings. The van der Waals surface area contributed by atoms with Crippen molar-refractivity contribution < 1.29 is 9.21 Å². The Kier molecular flexibility index (Phi) is 2.73. The zero-order valence-corrected chi connectivity index (χ0v) is 8.95. The average molecular weight is 236 g/mol. The Morgan fingerprint density at radius 1 is 1.47 bits per heavy atom. The van der Waals surface area contributed by atoms with Crippen LogP contribution in [0, 0.1) is 0 Å². The second-order valence-electron chi connectivity index (χ2n) is 3.59. The van der Waals surface area contributed by atoms with E-state index in [0.717, 1.165) is 0 Å². The topological polar surface area (TPSA) is 127 Å². The van der Waals surface area contributed by atoms with Crippen LogP contribution in [0.15, 0.2) is 21.3 Å². The number of benzene rings is 1. The van der Waals surface area contributed by atoms with Gasteiger partial charge in [0.05, 0.1) is 16.9 Å². The number of hydrogen-bond acceptors (Lipinski definition) is 5. The van der Waals surface area contributed by atoms with Crippen molar-refractivity contribution in [3.05, 3.63) is 22.7 Å². The van der Waals surface area contributed by atoms with Crippen LogP contribution in [0.3, 0.4) is 0 Å². The Hall–Kier alpha value is -2.44. The van der Waals surface area contributed by atoms with Crippen LogP contribution in [0.25, 0.3) is 11.1 Å². The number of amides is 1. The van der Waals surface area contributed by atoms with E-state index < -0.39 is 11.7 Å². The number of hydrogen-bond donors (Lipinski definition) is 4. The van der Waals surface area contributed by atoms with Gasteiger partial charge in [-0.2, -0.15) is 0 Å². The first-order valence-electron chi connectivity index (χ1n) is 5.01. The number of fused-ring (bicyclic) bond motifs is 1. The number of H-pyrrole nitrogens is 1. The highest BCUT2D eigenvalue weighted by Gasteiger charge is 2.06. The van der Waals surface area contributed by atoms with Gasteiger partial charge in [0.1, 0.15) is 0 Å². The predicted octanol–water partition coefficient (Wildman–Crippen LogP) is -0.00940.